The Kier molecular flexibility index (Phi) is 4.36. The minimum atomic E-state index is -0.294. The van der Waals surface area contributed by atoms with Crippen LogP contribution in [0.25, 0.3) is 0 Å². The van der Waals surface area contributed by atoms with E-state index >= 15 is 0 Å². The molecular weight excluding hydrogens is 273 g/mol. The van der Waals surface area contributed by atoms with Crippen molar-refractivity contribution in [3.05, 3.63) is 24.0 Å². The second kappa shape index (κ2) is 6.41. The van der Waals surface area contributed by atoms with Crippen LogP contribution in [0.3, 0.4) is 0 Å². The molecule has 2 saturated heterocycles. The number of rotatable bonds is 3. The molecule has 2 fully saturated rings. The molecule has 0 spiro atoms. The highest BCUT2D eigenvalue weighted by atomic mass is 19.1. The number of carbonyl (C=O) groups is 1. The fraction of sp³-hybridized carbons (Fsp3) is 0.533. The minimum Gasteiger partial charge on any atom is -0.381 e. The van der Waals surface area contributed by atoms with Crippen molar-refractivity contribution in [2.45, 2.75) is 6.42 Å². The number of amides is 1. The van der Waals surface area contributed by atoms with Crippen molar-refractivity contribution in [3.8, 4) is 0 Å². The second-order valence-corrected chi connectivity index (χ2v) is 5.45. The summed E-state index contributed by atoms with van der Waals surface area (Å²) in [6.07, 6.45) is 0.729. The number of halogens is 1. The molecule has 0 aromatic heterocycles. The molecule has 0 radical (unpaired) electrons. The summed E-state index contributed by atoms with van der Waals surface area (Å²) in [4.78, 5) is 14.0. The lowest BCUT2D eigenvalue weighted by Gasteiger charge is -2.29. The predicted octanol–water partition coefficient (Wildman–Crippen LogP) is 1.21. The first-order valence-electron chi connectivity index (χ1n) is 7.38. The van der Waals surface area contributed by atoms with E-state index in [1.807, 2.05) is 4.90 Å². The number of anilines is 2. The second-order valence-electron chi connectivity index (χ2n) is 5.45. The average molecular weight is 293 g/mol. The quantitative estimate of drug-likeness (QED) is 0.879. The van der Waals surface area contributed by atoms with Crippen LogP contribution in [0.4, 0.5) is 15.8 Å². The predicted molar refractivity (Wildman–Crippen MR) is 79.0 cm³/mol. The van der Waals surface area contributed by atoms with E-state index in [0.717, 1.165) is 32.6 Å². The first kappa shape index (κ1) is 14.3. The monoisotopic (exact) mass is 293 g/mol. The number of hydrogen-bond acceptors (Lipinski definition) is 4. The molecule has 2 aliphatic heterocycles. The third kappa shape index (κ3) is 3.33. The van der Waals surface area contributed by atoms with Gasteiger partial charge in [-0.3, -0.25) is 4.79 Å². The molecule has 21 heavy (non-hydrogen) atoms. The van der Waals surface area contributed by atoms with Crippen molar-refractivity contribution >= 4 is 17.3 Å². The van der Waals surface area contributed by atoms with E-state index in [9.17, 15) is 9.18 Å². The number of nitrogens with one attached hydrogen (secondary N) is 2. The van der Waals surface area contributed by atoms with Crippen molar-refractivity contribution in [1.82, 2.24) is 5.32 Å². The average Bonchev–Trinajstić information content (AvgIpc) is 3.02. The maximum atomic E-state index is 14.2. The molecule has 1 aromatic carbocycles. The zero-order chi connectivity index (χ0) is 14.7. The van der Waals surface area contributed by atoms with E-state index in [-0.39, 0.29) is 17.6 Å². The third-order valence-electron chi connectivity index (χ3n) is 3.97. The molecule has 0 aliphatic carbocycles. The first-order chi connectivity index (χ1) is 10.2. The highest BCUT2D eigenvalue weighted by Crippen LogP contribution is 2.24. The van der Waals surface area contributed by atoms with Crippen molar-refractivity contribution in [1.29, 1.82) is 0 Å². The van der Waals surface area contributed by atoms with Gasteiger partial charge in [-0.25, -0.2) is 4.39 Å². The van der Waals surface area contributed by atoms with E-state index < -0.39 is 0 Å². The van der Waals surface area contributed by atoms with E-state index in [2.05, 4.69) is 10.6 Å². The summed E-state index contributed by atoms with van der Waals surface area (Å²) in [6, 6.07) is 4.89. The van der Waals surface area contributed by atoms with Crippen molar-refractivity contribution in [2.75, 3.05) is 49.6 Å². The van der Waals surface area contributed by atoms with E-state index in [4.69, 9.17) is 4.74 Å². The molecule has 3 rings (SSSR count). The summed E-state index contributed by atoms with van der Waals surface area (Å²) in [7, 11) is 0. The van der Waals surface area contributed by atoms with E-state index in [1.54, 1.807) is 12.1 Å². The molecule has 1 atom stereocenters. The van der Waals surface area contributed by atoms with Gasteiger partial charge < -0.3 is 20.3 Å². The standard InChI is InChI=1S/C15H20FN3O2/c16-13-9-12(18-15(20)11-3-8-21-10-11)1-2-14(13)19-6-4-17-5-7-19/h1-2,9,11,17H,3-8,10H2,(H,18,20)/t11-/m1/s1. The smallest absolute Gasteiger partial charge is 0.229 e. The first-order valence-corrected chi connectivity index (χ1v) is 7.38. The highest BCUT2D eigenvalue weighted by molar-refractivity contribution is 5.93. The molecule has 0 unspecified atom stereocenters. The Bertz CT molecular complexity index is 512. The molecular formula is C15H20FN3O2. The van der Waals surface area contributed by atoms with Crippen LogP contribution in [0.15, 0.2) is 18.2 Å². The van der Waals surface area contributed by atoms with Gasteiger partial charge in [-0.05, 0) is 24.6 Å². The number of piperazine rings is 1. The Morgan fingerprint density at radius 3 is 2.86 bits per heavy atom. The summed E-state index contributed by atoms with van der Waals surface area (Å²) < 4.78 is 19.4. The summed E-state index contributed by atoms with van der Waals surface area (Å²) in [5.41, 5.74) is 1.10. The van der Waals surface area contributed by atoms with Crippen LogP contribution in [0.2, 0.25) is 0 Å². The summed E-state index contributed by atoms with van der Waals surface area (Å²) in [5.74, 6) is -0.514. The van der Waals surface area contributed by atoms with Gasteiger partial charge in [-0.2, -0.15) is 0 Å². The van der Waals surface area contributed by atoms with Gasteiger partial charge in [0.1, 0.15) is 5.82 Å². The molecule has 0 bridgehead atoms. The Balaban J connectivity index is 1.67. The number of benzene rings is 1. The summed E-state index contributed by atoms with van der Waals surface area (Å²) >= 11 is 0. The van der Waals surface area contributed by atoms with E-state index in [0.29, 0.717) is 24.6 Å². The Hall–Kier alpha value is -1.66. The molecule has 0 saturated carbocycles. The van der Waals surface area contributed by atoms with Crippen molar-refractivity contribution < 1.29 is 13.9 Å². The van der Waals surface area contributed by atoms with Crippen LogP contribution in [-0.4, -0.2) is 45.3 Å². The van der Waals surface area contributed by atoms with Crippen LogP contribution < -0.4 is 15.5 Å². The lowest BCUT2D eigenvalue weighted by Crippen LogP contribution is -2.43. The van der Waals surface area contributed by atoms with Gasteiger partial charge in [0, 0.05) is 38.5 Å². The Labute approximate surface area is 123 Å². The van der Waals surface area contributed by atoms with Gasteiger partial charge in [0.2, 0.25) is 5.91 Å². The zero-order valence-corrected chi connectivity index (χ0v) is 11.9. The number of ether oxygens (including phenoxy) is 1. The number of carbonyl (C=O) groups excluding carboxylic acids is 1. The fourth-order valence-electron chi connectivity index (χ4n) is 2.73. The highest BCUT2D eigenvalue weighted by Gasteiger charge is 2.24. The van der Waals surface area contributed by atoms with Gasteiger partial charge >= 0.3 is 0 Å². The van der Waals surface area contributed by atoms with Crippen LogP contribution in [-0.2, 0) is 9.53 Å². The molecule has 2 N–H and O–H groups in total. The summed E-state index contributed by atoms with van der Waals surface area (Å²) in [5, 5.41) is 6.00. The van der Waals surface area contributed by atoms with Gasteiger partial charge in [0.05, 0.1) is 18.2 Å². The lowest BCUT2D eigenvalue weighted by molar-refractivity contribution is -0.119. The minimum absolute atomic E-state index is 0.0955. The largest absolute Gasteiger partial charge is 0.381 e. The molecule has 2 aliphatic rings. The van der Waals surface area contributed by atoms with Crippen LogP contribution in [0, 0.1) is 11.7 Å². The van der Waals surface area contributed by atoms with Crippen LogP contribution >= 0.6 is 0 Å². The lowest BCUT2D eigenvalue weighted by atomic mass is 10.1. The molecule has 114 valence electrons. The maximum absolute atomic E-state index is 14.2. The van der Waals surface area contributed by atoms with E-state index in [1.165, 1.54) is 6.07 Å². The van der Waals surface area contributed by atoms with Gasteiger partial charge in [0.25, 0.3) is 0 Å². The van der Waals surface area contributed by atoms with Gasteiger partial charge in [0.15, 0.2) is 0 Å². The van der Waals surface area contributed by atoms with Gasteiger partial charge in [-0.15, -0.1) is 0 Å². The maximum Gasteiger partial charge on any atom is 0.229 e. The number of nitrogens with zero attached hydrogens (tertiary/aromatic N) is 1. The Morgan fingerprint density at radius 1 is 1.38 bits per heavy atom. The van der Waals surface area contributed by atoms with Crippen LogP contribution in [0.1, 0.15) is 6.42 Å². The fourth-order valence-corrected chi connectivity index (χ4v) is 2.73. The van der Waals surface area contributed by atoms with Gasteiger partial charge in [-0.1, -0.05) is 0 Å². The normalized spacial score (nSPS) is 22.3. The third-order valence-corrected chi connectivity index (χ3v) is 3.97. The molecule has 1 aromatic rings. The Morgan fingerprint density at radius 2 is 2.19 bits per heavy atom. The molecule has 5 nitrogen and oxygen atoms in total. The SMILES string of the molecule is O=C(Nc1ccc(N2CCNCC2)c(F)c1)[C@@H]1CCOC1. The summed E-state index contributed by atoms with van der Waals surface area (Å²) in [6.45, 7) is 4.38. The zero-order valence-electron chi connectivity index (χ0n) is 11.9. The van der Waals surface area contributed by atoms with Crippen LogP contribution in [0.5, 0.6) is 0 Å². The number of hydrogen-bond donors (Lipinski definition) is 2. The van der Waals surface area contributed by atoms with Crippen molar-refractivity contribution in [2.24, 2.45) is 5.92 Å². The molecule has 6 heteroatoms. The molecule has 2 heterocycles. The van der Waals surface area contributed by atoms with Crippen molar-refractivity contribution in [3.63, 3.8) is 0 Å². The molecule has 1 amide bonds. The topological polar surface area (TPSA) is 53.6 Å².